The summed E-state index contributed by atoms with van der Waals surface area (Å²) in [5, 5.41) is 10.6. The van der Waals surface area contributed by atoms with Gasteiger partial charge in [-0.1, -0.05) is 0 Å². The second-order valence-electron chi connectivity index (χ2n) is 4.30. The fourth-order valence-electron chi connectivity index (χ4n) is 1.79. The SMILES string of the molecule is CCNc1nc(C)cc(NCCCn2cccn2)n1. The molecule has 0 spiro atoms. The van der Waals surface area contributed by atoms with Gasteiger partial charge in [-0.3, -0.25) is 4.68 Å². The van der Waals surface area contributed by atoms with Crippen molar-refractivity contribution in [3.8, 4) is 0 Å². The maximum absolute atomic E-state index is 4.40. The van der Waals surface area contributed by atoms with Gasteiger partial charge in [0.25, 0.3) is 0 Å². The highest BCUT2D eigenvalue weighted by atomic mass is 15.3. The first-order valence-electron chi connectivity index (χ1n) is 6.59. The molecule has 0 atom stereocenters. The van der Waals surface area contributed by atoms with Crippen molar-refractivity contribution >= 4 is 11.8 Å². The molecule has 0 aliphatic heterocycles. The van der Waals surface area contributed by atoms with E-state index < -0.39 is 0 Å². The lowest BCUT2D eigenvalue weighted by Gasteiger charge is -2.09. The summed E-state index contributed by atoms with van der Waals surface area (Å²) in [7, 11) is 0. The van der Waals surface area contributed by atoms with Gasteiger partial charge in [-0.15, -0.1) is 0 Å². The van der Waals surface area contributed by atoms with Crippen LogP contribution in [-0.4, -0.2) is 32.8 Å². The van der Waals surface area contributed by atoms with Crippen molar-refractivity contribution in [3.63, 3.8) is 0 Å². The van der Waals surface area contributed by atoms with Crippen LogP contribution in [0.2, 0.25) is 0 Å². The van der Waals surface area contributed by atoms with Crippen LogP contribution in [0.1, 0.15) is 19.0 Å². The molecule has 0 aliphatic carbocycles. The zero-order chi connectivity index (χ0) is 13.5. The molecule has 0 aromatic carbocycles. The summed E-state index contributed by atoms with van der Waals surface area (Å²) >= 11 is 0. The molecule has 2 N–H and O–H groups in total. The van der Waals surface area contributed by atoms with Crippen molar-refractivity contribution in [1.29, 1.82) is 0 Å². The van der Waals surface area contributed by atoms with Gasteiger partial charge in [-0.25, -0.2) is 4.98 Å². The van der Waals surface area contributed by atoms with Crippen LogP contribution in [0.3, 0.4) is 0 Å². The van der Waals surface area contributed by atoms with Crippen LogP contribution in [0.4, 0.5) is 11.8 Å². The summed E-state index contributed by atoms with van der Waals surface area (Å²) in [5.74, 6) is 1.54. The van der Waals surface area contributed by atoms with Crippen LogP contribution in [0.5, 0.6) is 0 Å². The molecule has 2 aromatic heterocycles. The summed E-state index contributed by atoms with van der Waals surface area (Å²) in [6, 6.07) is 3.89. The lowest BCUT2D eigenvalue weighted by molar-refractivity contribution is 0.591. The number of anilines is 2. The molecule has 0 fully saturated rings. The molecule has 0 saturated heterocycles. The lowest BCUT2D eigenvalue weighted by atomic mass is 10.4. The highest BCUT2D eigenvalue weighted by Gasteiger charge is 2.00. The van der Waals surface area contributed by atoms with Crippen molar-refractivity contribution in [2.24, 2.45) is 0 Å². The second-order valence-corrected chi connectivity index (χ2v) is 4.30. The summed E-state index contributed by atoms with van der Waals surface area (Å²) in [6.07, 6.45) is 4.77. The van der Waals surface area contributed by atoms with Gasteiger partial charge in [-0.05, 0) is 26.3 Å². The average Bonchev–Trinajstić information content (AvgIpc) is 2.87. The lowest BCUT2D eigenvalue weighted by Crippen LogP contribution is -2.10. The Bertz CT molecular complexity index is 494. The van der Waals surface area contributed by atoms with E-state index in [-0.39, 0.29) is 0 Å². The summed E-state index contributed by atoms with van der Waals surface area (Å²) in [4.78, 5) is 8.72. The maximum atomic E-state index is 4.40. The molecule has 6 nitrogen and oxygen atoms in total. The smallest absolute Gasteiger partial charge is 0.224 e. The molecular formula is C13H20N6. The zero-order valence-electron chi connectivity index (χ0n) is 11.4. The highest BCUT2D eigenvalue weighted by Crippen LogP contribution is 2.09. The molecule has 0 bridgehead atoms. The van der Waals surface area contributed by atoms with Gasteiger partial charge in [-0.2, -0.15) is 10.1 Å². The van der Waals surface area contributed by atoms with E-state index in [4.69, 9.17) is 0 Å². The molecule has 2 rings (SSSR count). The van der Waals surface area contributed by atoms with Gasteiger partial charge in [0.15, 0.2) is 0 Å². The first-order valence-corrected chi connectivity index (χ1v) is 6.59. The van der Waals surface area contributed by atoms with Gasteiger partial charge >= 0.3 is 0 Å². The number of aromatic nitrogens is 4. The van der Waals surface area contributed by atoms with Crippen molar-refractivity contribution in [2.75, 3.05) is 23.7 Å². The van der Waals surface area contributed by atoms with Crippen molar-refractivity contribution in [3.05, 3.63) is 30.2 Å². The molecule has 0 amide bonds. The van der Waals surface area contributed by atoms with Crippen LogP contribution in [-0.2, 0) is 6.54 Å². The molecular weight excluding hydrogens is 240 g/mol. The molecule has 2 aromatic rings. The fourth-order valence-corrected chi connectivity index (χ4v) is 1.79. The van der Waals surface area contributed by atoms with Crippen LogP contribution in [0.15, 0.2) is 24.5 Å². The number of hydrogen-bond donors (Lipinski definition) is 2. The summed E-state index contributed by atoms with van der Waals surface area (Å²) in [6.45, 7) is 6.59. The van der Waals surface area contributed by atoms with E-state index in [1.165, 1.54) is 0 Å². The Kier molecular flexibility index (Phi) is 4.72. The molecule has 0 saturated carbocycles. The van der Waals surface area contributed by atoms with Crippen LogP contribution in [0.25, 0.3) is 0 Å². The predicted molar refractivity (Wildman–Crippen MR) is 76.3 cm³/mol. The number of hydrogen-bond acceptors (Lipinski definition) is 5. The van der Waals surface area contributed by atoms with Crippen molar-refractivity contribution in [1.82, 2.24) is 19.7 Å². The average molecular weight is 260 g/mol. The van der Waals surface area contributed by atoms with Gasteiger partial charge in [0.1, 0.15) is 5.82 Å². The standard InChI is InChI=1S/C13H20N6/c1-3-14-13-17-11(2)10-12(18-13)15-6-4-8-19-9-5-7-16-19/h5,7,9-10H,3-4,6,8H2,1-2H3,(H2,14,15,17,18). The van der Waals surface area contributed by atoms with Crippen LogP contribution < -0.4 is 10.6 Å². The molecule has 2 heterocycles. The Hall–Kier alpha value is -2.11. The first kappa shape index (κ1) is 13.3. The van der Waals surface area contributed by atoms with Crippen LogP contribution >= 0.6 is 0 Å². The quantitative estimate of drug-likeness (QED) is 0.744. The third kappa shape index (κ3) is 4.24. The minimum absolute atomic E-state index is 0.678. The maximum Gasteiger partial charge on any atom is 0.224 e. The largest absolute Gasteiger partial charge is 0.370 e. The zero-order valence-corrected chi connectivity index (χ0v) is 11.4. The normalized spacial score (nSPS) is 10.4. The predicted octanol–water partition coefficient (Wildman–Crippen LogP) is 1.92. The Morgan fingerprint density at radius 1 is 1.26 bits per heavy atom. The number of nitrogens with zero attached hydrogens (tertiary/aromatic N) is 4. The Labute approximate surface area is 113 Å². The monoisotopic (exact) mass is 260 g/mol. The van der Waals surface area contributed by atoms with Crippen molar-refractivity contribution < 1.29 is 0 Å². The third-order valence-electron chi connectivity index (χ3n) is 2.62. The van der Waals surface area contributed by atoms with Gasteiger partial charge in [0.05, 0.1) is 0 Å². The fraction of sp³-hybridized carbons (Fsp3) is 0.462. The molecule has 6 heteroatoms. The first-order chi connectivity index (χ1) is 9.28. The topological polar surface area (TPSA) is 67.7 Å². The highest BCUT2D eigenvalue weighted by molar-refractivity contribution is 5.41. The van der Waals surface area contributed by atoms with E-state index in [1.807, 2.05) is 36.9 Å². The third-order valence-corrected chi connectivity index (χ3v) is 2.62. The Balaban J connectivity index is 1.81. The number of aryl methyl sites for hydroxylation is 2. The molecule has 19 heavy (non-hydrogen) atoms. The summed E-state index contributed by atoms with van der Waals surface area (Å²) in [5.41, 5.74) is 0.959. The van der Waals surface area contributed by atoms with Crippen LogP contribution in [0, 0.1) is 6.92 Å². The van der Waals surface area contributed by atoms with E-state index in [1.54, 1.807) is 6.20 Å². The Morgan fingerprint density at radius 2 is 2.16 bits per heavy atom. The molecule has 0 aliphatic rings. The number of rotatable bonds is 7. The van der Waals surface area contributed by atoms with E-state index in [9.17, 15) is 0 Å². The van der Waals surface area contributed by atoms with Crippen molar-refractivity contribution in [2.45, 2.75) is 26.8 Å². The Morgan fingerprint density at radius 3 is 2.89 bits per heavy atom. The van der Waals surface area contributed by atoms with E-state index in [0.717, 1.165) is 37.6 Å². The van der Waals surface area contributed by atoms with E-state index >= 15 is 0 Å². The second kappa shape index (κ2) is 6.72. The van der Waals surface area contributed by atoms with Gasteiger partial charge < -0.3 is 10.6 Å². The van der Waals surface area contributed by atoms with Gasteiger partial charge in [0.2, 0.25) is 5.95 Å². The summed E-state index contributed by atoms with van der Waals surface area (Å²) < 4.78 is 1.93. The van der Waals surface area contributed by atoms with E-state index in [0.29, 0.717) is 5.95 Å². The minimum atomic E-state index is 0.678. The van der Waals surface area contributed by atoms with E-state index in [2.05, 4.69) is 25.7 Å². The minimum Gasteiger partial charge on any atom is -0.370 e. The number of nitrogens with one attached hydrogen (secondary N) is 2. The molecule has 102 valence electrons. The van der Waals surface area contributed by atoms with Gasteiger partial charge in [0, 0.05) is 43.8 Å². The molecule has 0 unspecified atom stereocenters. The molecule has 0 radical (unpaired) electrons.